The van der Waals surface area contributed by atoms with Gasteiger partial charge in [-0.05, 0) is 37.3 Å². The van der Waals surface area contributed by atoms with Gasteiger partial charge in [0.05, 0.1) is 16.3 Å². The Hall–Kier alpha value is -4.24. The average molecular weight is 461 g/mol. The summed E-state index contributed by atoms with van der Waals surface area (Å²) in [6, 6.07) is 18.0. The van der Waals surface area contributed by atoms with E-state index in [-0.39, 0.29) is 12.4 Å². The van der Waals surface area contributed by atoms with Crippen molar-refractivity contribution < 1.29 is 9.32 Å². The summed E-state index contributed by atoms with van der Waals surface area (Å²) in [5.41, 5.74) is 2.65. The summed E-state index contributed by atoms with van der Waals surface area (Å²) in [6.07, 6.45) is 1.56. The maximum absolute atomic E-state index is 12.8. The van der Waals surface area contributed by atoms with Gasteiger partial charge in [-0.25, -0.2) is 13.9 Å². The van der Waals surface area contributed by atoms with Crippen LogP contribution in [0.4, 0.5) is 5.69 Å². The van der Waals surface area contributed by atoms with Crippen molar-refractivity contribution in [2.24, 2.45) is 0 Å². The van der Waals surface area contributed by atoms with Gasteiger partial charge in [0.25, 0.3) is 5.89 Å². The van der Waals surface area contributed by atoms with Crippen molar-refractivity contribution in [3.8, 4) is 22.8 Å². The number of aromatic nitrogens is 5. The van der Waals surface area contributed by atoms with E-state index in [0.717, 1.165) is 15.8 Å². The van der Waals surface area contributed by atoms with Gasteiger partial charge in [0.15, 0.2) is 5.65 Å². The lowest BCUT2D eigenvalue weighted by Crippen LogP contribution is -2.28. The fraction of sp³-hybridized carbons (Fsp3) is 0.0870. The molecule has 0 aliphatic heterocycles. The van der Waals surface area contributed by atoms with Crippen LogP contribution in [-0.2, 0) is 11.3 Å². The Kier molecular flexibility index (Phi) is 5.23. The minimum absolute atomic E-state index is 0.217. The second kappa shape index (κ2) is 8.36. The Balaban J connectivity index is 1.46. The fourth-order valence-electron chi connectivity index (χ4n) is 3.43. The number of nitrogens with zero attached hydrogens (tertiary/aromatic N) is 5. The summed E-state index contributed by atoms with van der Waals surface area (Å²) < 4.78 is 7.86. The van der Waals surface area contributed by atoms with Crippen molar-refractivity contribution in [1.82, 2.24) is 24.3 Å². The molecule has 3 heterocycles. The monoisotopic (exact) mass is 460 g/mol. The number of hydrogen-bond donors (Lipinski definition) is 1. The van der Waals surface area contributed by atoms with Gasteiger partial charge in [0, 0.05) is 11.8 Å². The number of anilines is 1. The molecule has 0 aliphatic carbocycles. The van der Waals surface area contributed by atoms with Gasteiger partial charge in [0.2, 0.25) is 11.7 Å². The number of halogens is 1. The number of carbonyl (C=O) groups is 1. The third-order valence-electron chi connectivity index (χ3n) is 4.98. The van der Waals surface area contributed by atoms with E-state index >= 15 is 0 Å². The number of carbonyl (C=O) groups excluding carboxylic acids is 1. The molecule has 0 spiro atoms. The van der Waals surface area contributed by atoms with E-state index in [1.165, 1.54) is 4.40 Å². The standard InChI is InChI=1S/C23H17ClN6O3/c1-14-6-4-7-15(12-14)20-26-22(33-28-20)16-8-5-11-29-21(16)27-30(23(29)32)13-19(31)25-18-10-3-2-9-17(18)24/h2-12H,13H2,1H3,(H,25,31). The Morgan fingerprint density at radius 1 is 1.12 bits per heavy atom. The molecule has 0 fully saturated rings. The number of para-hydroxylation sites is 1. The highest BCUT2D eigenvalue weighted by Gasteiger charge is 2.19. The van der Waals surface area contributed by atoms with E-state index in [4.69, 9.17) is 16.1 Å². The molecule has 0 aliphatic rings. The second-order valence-electron chi connectivity index (χ2n) is 7.38. The zero-order chi connectivity index (χ0) is 22.9. The SMILES string of the molecule is Cc1cccc(-c2noc(-c3cccn4c(=O)n(CC(=O)Nc5ccccc5Cl)nc34)n2)c1. The quantitative estimate of drug-likeness (QED) is 0.427. The lowest BCUT2D eigenvalue weighted by Gasteiger charge is -2.06. The summed E-state index contributed by atoms with van der Waals surface area (Å²) in [7, 11) is 0. The summed E-state index contributed by atoms with van der Waals surface area (Å²) in [6.45, 7) is 1.69. The summed E-state index contributed by atoms with van der Waals surface area (Å²) in [5.74, 6) is 0.209. The molecule has 33 heavy (non-hydrogen) atoms. The van der Waals surface area contributed by atoms with Crippen molar-refractivity contribution in [1.29, 1.82) is 0 Å². The minimum Gasteiger partial charge on any atom is -0.333 e. The Labute approximate surface area is 192 Å². The van der Waals surface area contributed by atoms with Crippen molar-refractivity contribution in [2.75, 3.05) is 5.32 Å². The minimum atomic E-state index is -0.473. The van der Waals surface area contributed by atoms with E-state index in [1.807, 2.05) is 31.2 Å². The molecule has 2 aromatic carbocycles. The number of hydrogen-bond acceptors (Lipinski definition) is 6. The van der Waals surface area contributed by atoms with Crippen molar-refractivity contribution in [3.63, 3.8) is 0 Å². The Morgan fingerprint density at radius 3 is 2.79 bits per heavy atom. The zero-order valence-corrected chi connectivity index (χ0v) is 18.2. The Morgan fingerprint density at radius 2 is 1.97 bits per heavy atom. The van der Waals surface area contributed by atoms with Gasteiger partial charge < -0.3 is 9.84 Å². The number of amides is 1. The van der Waals surface area contributed by atoms with Gasteiger partial charge in [-0.2, -0.15) is 4.98 Å². The summed E-state index contributed by atoms with van der Waals surface area (Å²) in [5, 5.41) is 11.5. The van der Waals surface area contributed by atoms with Crippen LogP contribution in [0.5, 0.6) is 0 Å². The highest BCUT2D eigenvalue weighted by Crippen LogP contribution is 2.25. The number of aryl methyl sites for hydroxylation is 1. The molecule has 9 nitrogen and oxygen atoms in total. The van der Waals surface area contributed by atoms with E-state index in [0.29, 0.717) is 27.7 Å². The highest BCUT2D eigenvalue weighted by molar-refractivity contribution is 6.33. The first-order valence-electron chi connectivity index (χ1n) is 10.0. The molecular formula is C23H17ClN6O3. The third kappa shape index (κ3) is 4.01. The largest absolute Gasteiger partial charge is 0.350 e. The molecule has 0 unspecified atom stereocenters. The van der Waals surface area contributed by atoms with E-state index in [9.17, 15) is 9.59 Å². The lowest BCUT2D eigenvalue weighted by atomic mass is 10.1. The number of benzene rings is 2. The van der Waals surface area contributed by atoms with Crippen LogP contribution in [0.25, 0.3) is 28.5 Å². The molecule has 1 amide bonds. The summed E-state index contributed by atoms with van der Waals surface area (Å²) in [4.78, 5) is 29.8. The van der Waals surface area contributed by atoms with Gasteiger partial charge in [-0.3, -0.25) is 4.79 Å². The van der Waals surface area contributed by atoms with Crippen LogP contribution in [0.1, 0.15) is 5.56 Å². The van der Waals surface area contributed by atoms with Crippen LogP contribution in [-0.4, -0.2) is 30.2 Å². The predicted octanol–water partition coefficient (Wildman–Crippen LogP) is 3.81. The Bertz CT molecular complexity index is 1550. The normalized spacial score (nSPS) is 11.1. The molecule has 10 heteroatoms. The average Bonchev–Trinajstić information content (AvgIpc) is 3.41. The van der Waals surface area contributed by atoms with Crippen LogP contribution >= 0.6 is 11.6 Å². The maximum atomic E-state index is 12.8. The highest BCUT2D eigenvalue weighted by atomic mass is 35.5. The predicted molar refractivity (Wildman–Crippen MR) is 123 cm³/mol. The van der Waals surface area contributed by atoms with Gasteiger partial charge in [0.1, 0.15) is 6.54 Å². The number of pyridine rings is 1. The molecule has 164 valence electrons. The molecule has 5 aromatic rings. The first-order chi connectivity index (χ1) is 16.0. The maximum Gasteiger partial charge on any atom is 0.350 e. The van der Waals surface area contributed by atoms with Gasteiger partial charge in [-0.15, -0.1) is 5.10 Å². The smallest absolute Gasteiger partial charge is 0.333 e. The lowest BCUT2D eigenvalue weighted by molar-refractivity contribution is -0.117. The van der Waals surface area contributed by atoms with Crippen LogP contribution < -0.4 is 11.0 Å². The van der Waals surface area contributed by atoms with Crippen LogP contribution in [0, 0.1) is 6.92 Å². The molecule has 0 radical (unpaired) electrons. The van der Waals surface area contributed by atoms with E-state index in [1.54, 1.807) is 42.6 Å². The molecule has 0 bridgehead atoms. The zero-order valence-electron chi connectivity index (χ0n) is 17.4. The fourth-order valence-corrected chi connectivity index (χ4v) is 3.61. The number of fused-ring (bicyclic) bond motifs is 1. The van der Waals surface area contributed by atoms with Crippen LogP contribution in [0.15, 0.2) is 76.2 Å². The molecule has 0 saturated heterocycles. The van der Waals surface area contributed by atoms with E-state index in [2.05, 4.69) is 20.6 Å². The molecule has 0 atom stereocenters. The van der Waals surface area contributed by atoms with Crippen molar-refractivity contribution >= 4 is 28.8 Å². The van der Waals surface area contributed by atoms with Crippen LogP contribution in [0.2, 0.25) is 5.02 Å². The number of rotatable bonds is 5. The van der Waals surface area contributed by atoms with Crippen molar-refractivity contribution in [2.45, 2.75) is 13.5 Å². The van der Waals surface area contributed by atoms with Crippen LogP contribution in [0.3, 0.4) is 0 Å². The first kappa shape index (κ1) is 20.7. The van der Waals surface area contributed by atoms with Gasteiger partial charge >= 0.3 is 5.69 Å². The molecular weight excluding hydrogens is 444 g/mol. The topological polar surface area (TPSA) is 107 Å². The number of nitrogens with one attached hydrogen (secondary N) is 1. The molecule has 3 aromatic heterocycles. The van der Waals surface area contributed by atoms with Crippen molar-refractivity contribution in [3.05, 3.63) is 87.9 Å². The molecule has 0 saturated carbocycles. The molecule has 5 rings (SSSR count). The first-order valence-corrected chi connectivity index (χ1v) is 10.4. The van der Waals surface area contributed by atoms with Gasteiger partial charge in [-0.1, -0.05) is 52.7 Å². The summed E-state index contributed by atoms with van der Waals surface area (Å²) >= 11 is 6.08. The third-order valence-corrected chi connectivity index (χ3v) is 5.31. The van der Waals surface area contributed by atoms with E-state index < -0.39 is 11.6 Å². The second-order valence-corrected chi connectivity index (χ2v) is 7.78. The molecule has 1 N–H and O–H groups in total.